The first-order valence-corrected chi connectivity index (χ1v) is 6.85. The second kappa shape index (κ2) is 7.18. The molecule has 2 aromatic carbocycles. The standard InChI is InChI=1S/C17H19F2NO/c1-12(15-5-3-4-6-16(15)21-2)20-11-13-7-9-14(10-8-13)17(18)19/h3-10,12,17,20H,11H2,1-2H3/t12-/m0/s1. The van der Waals surface area contributed by atoms with E-state index < -0.39 is 6.43 Å². The van der Waals surface area contributed by atoms with Crippen LogP contribution in [0.2, 0.25) is 0 Å². The number of halogens is 2. The summed E-state index contributed by atoms with van der Waals surface area (Å²) in [6.07, 6.45) is -2.42. The van der Waals surface area contributed by atoms with Crippen molar-refractivity contribution < 1.29 is 13.5 Å². The van der Waals surface area contributed by atoms with Gasteiger partial charge in [-0.1, -0.05) is 42.5 Å². The molecule has 0 saturated heterocycles. The van der Waals surface area contributed by atoms with Gasteiger partial charge < -0.3 is 10.1 Å². The molecular weight excluding hydrogens is 272 g/mol. The lowest BCUT2D eigenvalue weighted by molar-refractivity contribution is 0.151. The Balaban J connectivity index is 1.99. The molecule has 2 rings (SSSR count). The van der Waals surface area contributed by atoms with E-state index in [0.717, 1.165) is 16.9 Å². The number of ether oxygens (including phenoxy) is 1. The van der Waals surface area contributed by atoms with Gasteiger partial charge in [-0.3, -0.25) is 0 Å². The van der Waals surface area contributed by atoms with E-state index in [0.29, 0.717) is 6.54 Å². The van der Waals surface area contributed by atoms with E-state index >= 15 is 0 Å². The van der Waals surface area contributed by atoms with Gasteiger partial charge in [0.2, 0.25) is 0 Å². The van der Waals surface area contributed by atoms with Gasteiger partial charge in [0.1, 0.15) is 5.75 Å². The molecule has 2 aromatic rings. The van der Waals surface area contributed by atoms with Crippen molar-refractivity contribution in [3.8, 4) is 5.75 Å². The summed E-state index contributed by atoms with van der Waals surface area (Å²) in [5.74, 6) is 0.838. The van der Waals surface area contributed by atoms with Crippen molar-refractivity contribution in [1.82, 2.24) is 5.32 Å². The minimum absolute atomic E-state index is 0.0523. The molecule has 0 fully saturated rings. The van der Waals surface area contributed by atoms with Crippen LogP contribution in [0.5, 0.6) is 5.75 Å². The molecule has 0 spiro atoms. The van der Waals surface area contributed by atoms with E-state index in [1.54, 1.807) is 19.2 Å². The van der Waals surface area contributed by atoms with Gasteiger partial charge in [-0.25, -0.2) is 8.78 Å². The lowest BCUT2D eigenvalue weighted by Crippen LogP contribution is -2.18. The van der Waals surface area contributed by atoms with E-state index in [9.17, 15) is 8.78 Å². The van der Waals surface area contributed by atoms with Crippen LogP contribution in [0.15, 0.2) is 48.5 Å². The Morgan fingerprint density at radius 2 is 1.71 bits per heavy atom. The predicted octanol–water partition coefficient (Wildman–Crippen LogP) is 4.48. The van der Waals surface area contributed by atoms with Crippen LogP contribution in [-0.4, -0.2) is 7.11 Å². The Morgan fingerprint density at radius 3 is 2.33 bits per heavy atom. The van der Waals surface area contributed by atoms with Crippen molar-refractivity contribution in [2.45, 2.75) is 25.9 Å². The minimum Gasteiger partial charge on any atom is -0.496 e. The van der Waals surface area contributed by atoms with E-state index in [4.69, 9.17) is 4.74 Å². The fourth-order valence-corrected chi connectivity index (χ4v) is 2.19. The second-order valence-corrected chi connectivity index (χ2v) is 4.89. The van der Waals surface area contributed by atoms with Gasteiger partial charge in [-0.05, 0) is 18.6 Å². The number of benzene rings is 2. The third-order valence-corrected chi connectivity index (χ3v) is 3.45. The molecule has 0 radical (unpaired) electrons. The monoisotopic (exact) mass is 291 g/mol. The molecule has 0 aliphatic heterocycles. The Kier molecular flexibility index (Phi) is 5.28. The fraction of sp³-hybridized carbons (Fsp3) is 0.294. The highest BCUT2D eigenvalue weighted by Crippen LogP contribution is 2.24. The summed E-state index contributed by atoms with van der Waals surface area (Å²) in [5, 5.41) is 3.37. The molecule has 0 saturated carbocycles. The topological polar surface area (TPSA) is 21.3 Å². The van der Waals surface area contributed by atoms with Crippen molar-refractivity contribution in [1.29, 1.82) is 0 Å². The van der Waals surface area contributed by atoms with Crippen molar-refractivity contribution in [2.75, 3.05) is 7.11 Å². The van der Waals surface area contributed by atoms with Crippen LogP contribution >= 0.6 is 0 Å². The number of alkyl halides is 2. The molecule has 1 atom stereocenters. The predicted molar refractivity (Wildman–Crippen MR) is 79.6 cm³/mol. The lowest BCUT2D eigenvalue weighted by Gasteiger charge is -2.17. The van der Waals surface area contributed by atoms with Gasteiger partial charge in [-0.2, -0.15) is 0 Å². The third-order valence-electron chi connectivity index (χ3n) is 3.45. The number of rotatable bonds is 6. The largest absolute Gasteiger partial charge is 0.496 e. The van der Waals surface area contributed by atoms with E-state index in [2.05, 4.69) is 5.32 Å². The van der Waals surface area contributed by atoms with Crippen LogP contribution in [0, 0.1) is 0 Å². The second-order valence-electron chi connectivity index (χ2n) is 4.89. The van der Waals surface area contributed by atoms with Gasteiger partial charge in [0.05, 0.1) is 7.11 Å². The summed E-state index contributed by atoms with van der Waals surface area (Å²) in [5.41, 5.74) is 2.10. The lowest BCUT2D eigenvalue weighted by atomic mass is 10.1. The Hall–Kier alpha value is -1.94. The van der Waals surface area contributed by atoms with Crippen molar-refractivity contribution in [3.63, 3.8) is 0 Å². The molecular formula is C17H19F2NO. The van der Waals surface area contributed by atoms with Crippen LogP contribution in [0.1, 0.15) is 36.1 Å². The molecule has 112 valence electrons. The Labute approximate surface area is 123 Å². The zero-order valence-corrected chi connectivity index (χ0v) is 12.1. The average Bonchev–Trinajstić information content (AvgIpc) is 2.52. The van der Waals surface area contributed by atoms with Crippen LogP contribution < -0.4 is 10.1 Å². The number of hydrogen-bond donors (Lipinski definition) is 1. The normalized spacial score (nSPS) is 12.4. The molecule has 0 unspecified atom stereocenters. The Morgan fingerprint density at radius 1 is 1.05 bits per heavy atom. The highest BCUT2D eigenvalue weighted by molar-refractivity contribution is 5.35. The Bertz CT molecular complexity index is 569. The zero-order valence-electron chi connectivity index (χ0n) is 12.1. The first kappa shape index (κ1) is 15.4. The number of hydrogen-bond acceptors (Lipinski definition) is 2. The van der Waals surface area contributed by atoms with Crippen LogP contribution in [0.3, 0.4) is 0 Å². The summed E-state index contributed by atoms with van der Waals surface area (Å²) in [6, 6.07) is 14.3. The van der Waals surface area contributed by atoms with Crippen molar-refractivity contribution >= 4 is 0 Å². The number of para-hydroxylation sites is 1. The first-order valence-electron chi connectivity index (χ1n) is 6.85. The minimum atomic E-state index is -2.42. The molecule has 0 aliphatic rings. The summed E-state index contributed by atoms with van der Waals surface area (Å²) < 4.78 is 30.3. The number of nitrogens with one attached hydrogen (secondary N) is 1. The van der Waals surface area contributed by atoms with E-state index in [-0.39, 0.29) is 11.6 Å². The van der Waals surface area contributed by atoms with Crippen molar-refractivity contribution in [3.05, 3.63) is 65.2 Å². The van der Waals surface area contributed by atoms with Gasteiger partial charge in [0, 0.05) is 23.7 Å². The summed E-state index contributed by atoms with van der Waals surface area (Å²) in [4.78, 5) is 0. The zero-order chi connectivity index (χ0) is 15.2. The SMILES string of the molecule is COc1ccccc1[C@H](C)NCc1ccc(C(F)F)cc1. The first-order chi connectivity index (χ1) is 10.1. The highest BCUT2D eigenvalue weighted by Gasteiger charge is 2.10. The van der Waals surface area contributed by atoms with Gasteiger partial charge in [0.15, 0.2) is 0 Å². The quantitative estimate of drug-likeness (QED) is 0.847. The number of methoxy groups -OCH3 is 1. The smallest absolute Gasteiger partial charge is 0.263 e. The van der Waals surface area contributed by atoms with Crippen LogP contribution in [-0.2, 0) is 6.54 Å². The maximum atomic E-state index is 12.5. The molecule has 0 heterocycles. The maximum Gasteiger partial charge on any atom is 0.263 e. The summed E-state index contributed by atoms with van der Waals surface area (Å²) in [6.45, 7) is 2.66. The summed E-state index contributed by atoms with van der Waals surface area (Å²) in [7, 11) is 1.65. The van der Waals surface area contributed by atoms with Crippen LogP contribution in [0.25, 0.3) is 0 Å². The molecule has 0 amide bonds. The van der Waals surface area contributed by atoms with Gasteiger partial charge >= 0.3 is 0 Å². The third kappa shape index (κ3) is 4.02. The average molecular weight is 291 g/mol. The van der Waals surface area contributed by atoms with Gasteiger partial charge in [-0.15, -0.1) is 0 Å². The molecule has 0 aliphatic carbocycles. The molecule has 21 heavy (non-hydrogen) atoms. The van der Waals surface area contributed by atoms with Gasteiger partial charge in [0.25, 0.3) is 6.43 Å². The summed E-state index contributed by atoms with van der Waals surface area (Å²) >= 11 is 0. The highest BCUT2D eigenvalue weighted by atomic mass is 19.3. The molecule has 2 nitrogen and oxygen atoms in total. The maximum absolute atomic E-state index is 12.5. The molecule has 0 aromatic heterocycles. The van der Waals surface area contributed by atoms with Crippen molar-refractivity contribution in [2.24, 2.45) is 0 Å². The van der Waals surface area contributed by atoms with E-state index in [1.807, 2.05) is 31.2 Å². The molecule has 1 N–H and O–H groups in total. The van der Waals surface area contributed by atoms with Crippen LogP contribution in [0.4, 0.5) is 8.78 Å². The molecule has 0 bridgehead atoms. The molecule has 4 heteroatoms. The van der Waals surface area contributed by atoms with E-state index in [1.165, 1.54) is 12.1 Å². The fourth-order valence-electron chi connectivity index (χ4n) is 2.19.